The molecule has 78 valence electrons. The second kappa shape index (κ2) is 4.43. The van der Waals surface area contributed by atoms with Crippen molar-refractivity contribution in [1.29, 1.82) is 0 Å². The van der Waals surface area contributed by atoms with E-state index in [-0.39, 0.29) is 18.5 Å². The zero-order valence-corrected chi connectivity index (χ0v) is 7.43. The molecule has 0 amide bonds. The monoisotopic (exact) mass is 204 g/mol. The molecule has 0 spiro atoms. The Balaban J connectivity index is 3.07. The molecule has 0 aliphatic rings. The molecule has 4 N–H and O–H groups in total. The Morgan fingerprint density at radius 2 is 1.86 bits per heavy atom. The first kappa shape index (κ1) is 11.0. The molecular formula is C9H11F3N2. The summed E-state index contributed by atoms with van der Waals surface area (Å²) < 4.78 is 38.5. The van der Waals surface area contributed by atoms with Gasteiger partial charge in [-0.1, -0.05) is 0 Å². The Bertz CT molecular complexity index is 328. The van der Waals surface area contributed by atoms with Crippen LogP contribution in [-0.2, 0) is 0 Å². The van der Waals surface area contributed by atoms with Crippen molar-refractivity contribution in [3.05, 3.63) is 35.1 Å². The van der Waals surface area contributed by atoms with Crippen LogP contribution in [0.3, 0.4) is 0 Å². The fraction of sp³-hybridized carbons (Fsp3) is 0.333. The number of benzene rings is 1. The standard InChI is InChI=1S/C9H11F3N2/c10-5-3-6(8(14)1-2-13)9(12)7(11)4-5/h3-4,8H,1-2,13-14H2/t8-/m1/s1. The third-order valence-electron chi connectivity index (χ3n) is 1.90. The van der Waals surface area contributed by atoms with Crippen molar-refractivity contribution in [2.75, 3.05) is 6.54 Å². The van der Waals surface area contributed by atoms with E-state index in [4.69, 9.17) is 11.5 Å². The minimum atomic E-state index is -1.23. The summed E-state index contributed by atoms with van der Waals surface area (Å²) in [6.07, 6.45) is 0.278. The van der Waals surface area contributed by atoms with Gasteiger partial charge in [0, 0.05) is 17.7 Å². The summed E-state index contributed by atoms with van der Waals surface area (Å²) in [5.41, 5.74) is 10.5. The predicted molar refractivity (Wildman–Crippen MR) is 46.9 cm³/mol. The van der Waals surface area contributed by atoms with E-state index in [0.29, 0.717) is 6.07 Å². The first-order chi connectivity index (χ1) is 6.56. The SMILES string of the molecule is NCC[C@@H](N)c1cc(F)cc(F)c1F. The lowest BCUT2D eigenvalue weighted by Crippen LogP contribution is -2.17. The first-order valence-electron chi connectivity index (χ1n) is 4.16. The van der Waals surface area contributed by atoms with E-state index in [9.17, 15) is 13.2 Å². The average Bonchev–Trinajstić information content (AvgIpc) is 2.11. The van der Waals surface area contributed by atoms with E-state index >= 15 is 0 Å². The van der Waals surface area contributed by atoms with Crippen molar-refractivity contribution in [1.82, 2.24) is 0 Å². The van der Waals surface area contributed by atoms with Crippen molar-refractivity contribution >= 4 is 0 Å². The van der Waals surface area contributed by atoms with Crippen LogP contribution in [0.4, 0.5) is 13.2 Å². The second-order valence-corrected chi connectivity index (χ2v) is 2.97. The lowest BCUT2D eigenvalue weighted by atomic mass is 10.0. The molecule has 0 heterocycles. The Morgan fingerprint density at radius 3 is 2.43 bits per heavy atom. The summed E-state index contributed by atoms with van der Waals surface area (Å²) in [4.78, 5) is 0. The Kier molecular flexibility index (Phi) is 3.49. The molecule has 14 heavy (non-hydrogen) atoms. The van der Waals surface area contributed by atoms with Crippen LogP contribution < -0.4 is 11.5 Å². The number of hydrogen-bond acceptors (Lipinski definition) is 2. The summed E-state index contributed by atoms with van der Waals surface area (Å²) in [6.45, 7) is 0.235. The van der Waals surface area contributed by atoms with Gasteiger partial charge in [-0.05, 0) is 19.0 Å². The van der Waals surface area contributed by atoms with E-state index in [1.165, 1.54) is 0 Å². The molecule has 0 bridgehead atoms. The van der Waals surface area contributed by atoms with Crippen LogP contribution in [0, 0.1) is 17.5 Å². The third kappa shape index (κ3) is 2.24. The summed E-state index contributed by atoms with van der Waals surface area (Å²) >= 11 is 0. The zero-order chi connectivity index (χ0) is 10.7. The molecule has 1 rings (SSSR count). The molecule has 0 unspecified atom stereocenters. The fourth-order valence-corrected chi connectivity index (χ4v) is 1.18. The van der Waals surface area contributed by atoms with Crippen molar-refractivity contribution in [3.63, 3.8) is 0 Å². The van der Waals surface area contributed by atoms with Crippen LogP contribution in [0.25, 0.3) is 0 Å². The third-order valence-corrected chi connectivity index (χ3v) is 1.90. The van der Waals surface area contributed by atoms with Crippen LogP contribution in [0.5, 0.6) is 0 Å². The molecule has 0 radical (unpaired) electrons. The van der Waals surface area contributed by atoms with Gasteiger partial charge >= 0.3 is 0 Å². The smallest absolute Gasteiger partial charge is 0.163 e. The van der Waals surface area contributed by atoms with E-state index in [2.05, 4.69) is 0 Å². The number of rotatable bonds is 3. The van der Waals surface area contributed by atoms with Crippen LogP contribution >= 0.6 is 0 Å². The fourth-order valence-electron chi connectivity index (χ4n) is 1.18. The Morgan fingerprint density at radius 1 is 1.21 bits per heavy atom. The summed E-state index contributed by atoms with van der Waals surface area (Å²) in [5, 5.41) is 0. The van der Waals surface area contributed by atoms with Gasteiger partial charge in [0.15, 0.2) is 11.6 Å². The van der Waals surface area contributed by atoms with Gasteiger partial charge in [0.05, 0.1) is 0 Å². The molecule has 2 nitrogen and oxygen atoms in total. The van der Waals surface area contributed by atoms with Crippen LogP contribution in [-0.4, -0.2) is 6.54 Å². The van der Waals surface area contributed by atoms with E-state index in [0.717, 1.165) is 6.07 Å². The number of hydrogen-bond donors (Lipinski definition) is 2. The number of nitrogens with two attached hydrogens (primary N) is 2. The molecule has 0 aliphatic carbocycles. The highest BCUT2D eigenvalue weighted by Crippen LogP contribution is 2.21. The van der Waals surface area contributed by atoms with Gasteiger partial charge in [-0.15, -0.1) is 0 Å². The van der Waals surface area contributed by atoms with Crippen molar-refractivity contribution in [3.8, 4) is 0 Å². The highest BCUT2D eigenvalue weighted by atomic mass is 19.2. The van der Waals surface area contributed by atoms with E-state index in [1.807, 2.05) is 0 Å². The minimum Gasteiger partial charge on any atom is -0.330 e. The van der Waals surface area contributed by atoms with Gasteiger partial charge in [0.1, 0.15) is 5.82 Å². The zero-order valence-electron chi connectivity index (χ0n) is 7.43. The maximum atomic E-state index is 13.1. The van der Waals surface area contributed by atoms with Gasteiger partial charge in [-0.2, -0.15) is 0 Å². The molecule has 0 saturated carbocycles. The maximum absolute atomic E-state index is 13.1. The first-order valence-corrected chi connectivity index (χ1v) is 4.16. The molecule has 1 atom stereocenters. The topological polar surface area (TPSA) is 52.0 Å². The Labute approximate surface area is 79.7 Å². The molecule has 1 aromatic rings. The van der Waals surface area contributed by atoms with Crippen molar-refractivity contribution < 1.29 is 13.2 Å². The highest BCUT2D eigenvalue weighted by Gasteiger charge is 2.16. The molecule has 0 fully saturated rings. The summed E-state index contributed by atoms with van der Waals surface area (Å²) in [6, 6.07) is 0.595. The molecule has 0 aliphatic heterocycles. The van der Waals surface area contributed by atoms with Crippen LogP contribution in [0.1, 0.15) is 18.0 Å². The van der Waals surface area contributed by atoms with Crippen LogP contribution in [0.15, 0.2) is 12.1 Å². The highest BCUT2D eigenvalue weighted by molar-refractivity contribution is 5.23. The molecular weight excluding hydrogens is 193 g/mol. The quantitative estimate of drug-likeness (QED) is 0.732. The molecule has 0 aromatic heterocycles. The molecule has 0 saturated heterocycles. The molecule has 5 heteroatoms. The normalized spacial score (nSPS) is 12.9. The predicted octanol–water partition coefficient (Wildman–Crippen LogP) is 1.45. The second-order valence-electron chi connectivity index (χ2n) is 2.97. The maximum Gasteiger partial charge on any atom is 0.163 e. The van der Waals surface area contributed by atoms with Gasteiger partial charge in [0.25, 0.3) is 0 Å². The lowest BCUT2D eigenvalue weighted by molar-refractivity contribution is 0.471. The van der Waals surface area contributed by atoms with Crippen molar-refractivity contribution in [2.45, 2.75) is 12.5 Å². The van der Waals surface area contributed by atoms with Gasteiger partial charge in [-0.25, -0.2) is 13.2 Å². The largest absolute Gasteiger partial charge is 0.330 e. The summed E-state index contributed by atoms with van der Waals surface area (Å²) in [7, 11) is 0. The van der Waals surface area contributed by atoms with Crippen LogP contribution in [0.2, 0.25) is 0 Å². The van der Waals surface area contributed by atoms with Gasteiger partial charge in [0.2, 0.25) is 0 Å². The minimum absolute atomic E-state index is 0.173. The molecule has 1 aromatic carbocycles. The Hall–Kier alpha value is -1.07. The van der Waals surface area contributed by atoms with E-state index in [1.54, 1.807) is 0 Å². The van der Waals surface area contributed by atoms with Crippen molar-refractivity contribution in [2.24, 2.45) is 11.5 Å². The van der Waals surface area contributed by atoms with Gasteiger partial charge < -0.3 is 11.5 Å². The number of halogens is 3. The van der Waals surface area contributed by atoms with Gasteiger partial charge in [-0.3, -0.25) is 0 Å². The lowest BCUT2D eigenvalue weighted by Gasteiger charge is -2.11. The van der Waals surface area contributed by atoms with E-state index < -0.39 is 23.5 Å². The summed E-state index contributed by atoms with van der Waals surface area (Å²) in [5.74, 6) is -3.17. The average molecular weight is 204 g/mol.